The van der Waals surface area contributed by atoms with E-state index in [0.717, 1.165) is 24.8 Å². The van der Waals surface area contributed by atoms with Crippen molar-refractivity contribution >= 4 is 11.9 Å². The maximum Gasteiger partial charge on any atom is 0.161 e. The predicted molar refractivity (Wildman–Crippen MR) is 88.2 cm³/mol. The standard InChI is InChI=1S/C18H24O4/c1-3-5-11-22-18-12-14(8-10-17(18)21)7-9-16(20)13-15(19)6-4-2/h7-10,12-13,20-21H,3-6,11H2,1-2H3. The Kier molecular flexibility index (Phi) is 7.83. The van der Waals surface area contributed by atoms with E-state index in [4.69, 9.17) is 4.74 Å². The van der Waals surface area contributed by atoms with E-state index in [2.05, 4.69) is 6.92 Å². The van der Waals surface area contributed by atoms with Crippen LogP contribution in [-0.4, -0.2) is 22.6 Å². The molecular formula is C18H24O4. The van der Waals surface area contributed by atoms with Crippen molar-refractivity contribution < 1.29 is 19.7 Å². The van der Waals surface area contributed by atoms with Crippen LogP contribution in [0.15, 0.2) is 36.1 Å². The molecule has 22 heavy (non-hydrogen) atoms. The van der Waals surface area contributed by atoms with E-state index in [-0.39, 0.29) is 17.3 Å². The lowest BCUT2D eigenvalue weighted by Gasteiger charge is -2.08. The third-order valence-electron chi connectivity index (χ3n) is 2.99. The van der Waals surface area contributed by atoms with Gasteiger partial charge in [0.25, 0.3) is 0 Å². The molecule has 1 aromatic carbocycles. The van der Waals surface area contributed by atoms with Gasteiger partial charge in [-0.2, -0.15) is 0 Å². The minimum Gasteiger partial charge on any atom is -0.508 e. The molecule has 0 aliphatic heterocycles. The number of unbranched alkanes of at least 4 members (excludes halogenated alkanes) is 1. The second-order valence-electron chi connectivity index (χ2n) is 5.05. The van der Waals surface area contributed by atoms with Crippen molar-refractivity contribution in [3.63, 3.8) is 0 Å². The molecule has 0 fully saturated rings. The molecule has 0 spiro atoms. The topological polar surface area (TPSA) is 66.8 Å². The zero-order chi connectivity index (χ0) is 16.4. The van der Waals surface area contributed by atoms with Crippen molar-refractivity contribution in [1.29, 1.82) is 0 Å². The quantitative estimate of drug-likeness (QED) is 0.307. The first-order valence-corrected chi connectivity index (χ1v) is 7.64. The molecule has 120 valence electrons. The third kappa shape index (κ3) is 6.48. The molecule has 0 bridgehead atoms. The Morgan fingerprint density at radius 3 is 2.73 bits per heavy atom. The Bertz CT molecular complexity index is 544. The zero-order valence-corrected chi connectivity index (χ0v) is 13.2. The van der Waals surface area contributed by atoms with E-state index in [1.807, 2.05) is 6.92 Å². The van der Waals surface area contributed by atoms with Crippen molar-refractivity contribution in [2.24, 2.45) is 0 Å². The molecule has 0 heterocycles. The molecule has 4 nitrogen and oxygen atoms in total. The Hall–Kier alpha value is -2.23. The van der Waals surface area contributed by atoms with Crippen molar-refractivity contribution in [3.05, 3.63) is 41.7 Å². The number of benzene rings is 1. The summed E-state index contributed by atoms with van der Waals surface area (Å²) in [4.78, 5) is 11.4. The molecule has 0 atom stereocenters. The number of carbonyl (C=O) groups excluding carboxylic acids is 1. The van der Waals surface area contributed by atoms with Gasteiger partial charge in [-0.15, -0.1) is 0 Å². The largest absolute Gasteiger partial charge is 0.508 e. The fraction of sp³-hybridized carbons (Fsp3) is 0.389. The van der Waals surface area contributed by atoms with Crippen LogP contribution in [0.3, 0.4) is 0 Å². The monoisotopic (exact) mass is 304 g/mol. The minimum atomic E-state index is -0.0982. The summed E-state index contributed by atoms with van der Waals surface area (Å²) in [6, 6.07) is 4.95. The number of allylic oxidation sites excluding steroid dienone is 2. The van der Waals surface area contributed by atoms with Crippen LogP contribution in [0.4, 0.5) is 0 Å². The summed E-state index contributed by atoms with van der Waals surface area (Å²) in [5.74, 6) is 0.325. The van der Waals surface area contributed by atoms with E-state index in [0.29, 0.717) is 18.8 Å². The smallest absolute Gasteiger partial charge is 0.161 e. The molecule has 2 N–H and O–H groups in total. The molecule has 1 aromatic rings. The summed E-state index contributed by atoms with van der Waals surface area (Å²) >= 11 is 0. The fourth-order valence-corrected chi connectivity index (χ4v) is 1.79. The molecule has 4 heteroatoms. The summed E-state index contributed by atoms with van der Waals surface area (Å²) in [6.45, 7) is 4.53. The predicted octanol–water partition coefficient (Wildman–Crippen LogP) is 4.40. The van der Waals surface area contributed by atoms with Gasteiger partial charge >= 0.3 is 0 Å². The summed E-state index contributed by atoms with van der Waals surface area (Å²) in [7, 11) is 0. The summed E-state index contributed by atoms with van der Waals surface area (Å²) < 4.78 is 5.51. The van der Waals surface area contributed by atoms with E-state index in [9.17, 15) is 15.0 Å². The lowest BCUT2D eigenvalue weighted by molar-refractivity contribution is -0.114. The Labute approximate surface area is 131 Å². The Balaban J connectivity index is 2.74. The highest BCUT2D eigenvalue weighted by Gasteiger charge is 2.03. The van der Waals surface area contributed by atoms with Crippen molar-refractivity contribution in [3.8, 4) is 11.5 Å². The molecular weight excluding hydrogens is 280 g/mol. The first-order valence-electron chi connectivity index (χ1n) is 7.64. The number of rotatable bonds is 9. The molecule has 0 amide bonds. The first kappa shape index (κ1) is 17.8. The number of phenolic OH excluding ortho intramolecular Hbond substituents is 1. The SMILES string of the molecule is CCCCOc1cc(C=CC(O)=CC(=O)CCC)ccc1O. The van der Waals surface area contributed by atoms with Crippen LogP contribution < -0.4 is 4.74 Å². The van der Waals surface area contributed by atoms with Gasteiger partial charge in [-0.3, -0.25) is 4.79 Å². The first-order chi connectivity index (χ1) is 10.6. The summed E-state index contributed by atoms with van der Waals surface area (Å²) in [6.07, 6.45) is 7.45. The van der Waals surface area contributed by atoms with Gasteiger partial charge in [0, 0.05) is 12.5 Å². The van der Waals surface area contributed by atoms with Crippen LogP contribution in [-0.2, 0) is 4.79 Å². The van der Waals surface area contributed by atoms with Gasteiger partial charge in [0.2, 0.25) is 0 Å². The lowest BCUT2D eigenvalue weighted by Crippen LogP contribution is -1.96. The Morgan fingerprint density at radius 2 is 2.05 bits per heavy atom. The maximum absolute atomic E-state index is 11.4. The molecule has 0 saturated carbocycles. The number of carbonyl (C=O) groups is 1. The van der Waals surface area contributed by atoms with E-state index in [1.54, 1.807) is 24.3 Å². The molecule has 0 aliphatic carbocycles. The van der Waals surface area contributed by atoms with Crippen LogP contribution in [0.1, 0.15) is 45.1 Å². The second-order valence-corrected chi connectivity index (χ2v) is 5.05. The van der Waals surface area contributed by atoms with Gasteiger partial charge in [0.15, 0.2) is 17.3 Å². The zero-order valence-electron chi connectivity index (χ0n) is 13.2. The van der Waals surface area contributed by atoms with E-state index >= 15 is 0 Å². The third-order valence-corrected chi connectivity index (χ3v) is 2.99. The maximum atomic E-state index is 11.4. The van der Waals surface area contributed by atoms with Crippen molar-refractivity contribution in [1.82, 2.24) is 0 Å². The number of phenols is 1. The number of ether oxygens (including phenoxy) is 1. The van der Waals surface area contributed by atoms with Crippen LogP contribution in [0.5, 0.6) is 11.5 Å². The fourth-order valence-electron chi connectivity index (χ4n) is 1.79. The van der Waals surface area contributed by atoms with Crippen LogP contribution in [0, 0.1) is 0 Å². The molecule has 0 aromatic heterocycles. The van der Waals surface area contributed by atoms with Crippen molar-refractivity contribution in [2.75, 3.05) is 6.61 Å². The van der Waals surface area contributed by atoms with Gasteiger partial charge in [0.05, 0.1) is 6.61 Å². The average molecular weight is 304 g/mol. The molecule has 1 rings (SSSR count). The van der Waals surface area contributed by atoms with Crippen LogP contribution >= 0.6 is 0 Å². The number of aliphatic hydroxyl groups is 1. The highest BCUT2D eigenvalue weighted by molar-refractivity contribution is 5.90. The summed E-state index contributed by atoms with van der Waals surface area (Å²) in [5.41, 5.74) is 0.771. The van der Waals surface area contributed by atoms with E-state index < -0.39 is 0 Å². The highest BCUT2D eigenvalue weighted by atomic mass is 16.5. The molecule has 0 saturated heterocycles. The van der Waals surface area contributed by atoms with Crippen LogP contribution in [0.2, 0.25) is 0 Å². The highest BCUT2D eigenvalue weighted by Crippen LogP contribution is 2.27. The van der Waals surface area contributed by atoms with E-state index in [1.165, 1.54) is 12.2 Å². The van der Waals surface area contributed by atoms with Gasteiger partial charge in [-0.1, -0.05) is 32.4 Å². The van der Waals surface area contributed by atoms with Gasteiger partial charge in [-0.05, 0) is 36.6 Å². The number of ketones is 1. The normalized spacial score (nSPS) is 11.8. The second kappa shape index (κ2) is 9.66. The van der Waals surface area contributed by atoms with Crippen LogP contribution in [0.25, 0.3) is 6.08 Å². The number of aliphatic hydroxyl groups excluding tert-OH is 1. The molecule has 0 radical (unpaired) electrons. The van der Waals surface area contributed by atoms with Gasteiger partial charge < -0.3 is 14.9 Å². The number of aromatic hydroxyl groups is 1. The number of hydrogen-bond donors (Lipinski definition) is 2. The Morgan fingerprint density at radius 1 is 1.27 bits per heavy atom. The average Bonchev–Trinajstić information content (AvgIpc) is 2.48. The van der Waals surface area contributed by atoms with Crippen molar-refractivity contribution in [2.45, 2.75) is 39.5 Å². The minimum absolute atomic E-state index is 0.0834. The number of hydrogen-bond acceptors (Lipinski definition) is 4. The van der Waals surface area contributed by atoms with Gasteiger partial charge in [0.1, 0.15) is 5.76 Å². The molecule has 0 aliphatic rings. The van der Waals surface area contributed by atoms with Gasteiger partial charge in [-0.25, -0.2) is 0 Å². The molecule has 0 unspecified atom stereocenters. The summed E-state index contributed by atoms with van der Waals surface area (Å²) in [5, 5.41) is 19.4. The lowest BCUT2D eigenvalue weighted by atomic mass is 10.1.